The van der Waals surface area contributed by atoms with Crippen molar-refractivity contribution in [3.63, 3.8) is 0 Å². The van der Waals surface area contributed by atoms with Crippen molar-refractivity contribution >= 4 is 0 Å². The number of hydrogen-bond acceptors (Lipinski definition) is 4. The molecule has 0 amide bonds. The molecular weight excluding hydrogens is 216 g/mol. The van der Waals surface area contributed by atoms with Crippen LogP contribution in [0.2, 0.25) is 0 Å². The highest BCUT2D eigenvalue weighted by atomic mass is 16.3. The predicted octanol–water partition coefficient (Wildman–Crippen LogP) is 1.28. The zero-order chi connectivity index (χ0) is 12.3. The van der Waals surface area contributed by atoms with E-state index in [1.165, 1.54) is 6.33 Å². The van der Waals surface area contributed by atoms with E-state index >= 15 is 0 Å². The van der Waals surface area contributed by atoms with E-state index in [2.05, 4.69) is 15.1 Å². The molecule has 2 heterocycles. The van der Waals surface area contributed by atoms with Crippen LogP contribution in [0.4, 0.5) is 0 Å². The highest BCUT2D eigenvalue weighted by Gasteiger charge is 2.12. The molecule has 90 valence electrons. The van der Waals surface area contributed by atoms with Crippen molar-refractivity contribution in [1.29, 1.82) is 0 Å². The molecular formula is C12H16N4O. The van der Waals surface area contributed by atoms with Crippen LogP contribution < -0.4 is 0 Å². The van der Waals surface area contributed by atoms with Crippen LogP contribution in [0.1, 0.15) is 30.0 Å². The van der Waals surface area contributed by atoms with Crippen molar-refractivity contribution in [2.24, 2.45) is 0 Å². The molecule has 1 N–H and O–H groups in total. The maximum absolute atomic E-state index is 10.1. The third kappa shape index (κ3) is 2.68. The molecule has 5 heteroatoms. The Bertz CT molecular complexity index is 481. The fourth-order valence-corrected chi connectivity index (χ4v) is 1.84. The molecule has 0 aliphatic carbocycles. The molecule has 2 aromatic rings. The lowest BCUT2D eigenvalue weighted by molar-refractivity contribution is 0.174. The van der Waals surface area contributed by atoms with Crippen LogP contribution in [0.5, 0.6) is 0 Å². The van der Waals surface area contributed by atoms with Gasteiger partial charge in [0.15, 0.2) is 0 Å². The first-order chi connectivity index (χ1) is 8.20. The number of aryl methyl sites for hydroxylation is 2. The molecule has 17 heavy (non-hydrogen) atoms. The van der Waals surface area contributed by atoms with Crippen LogP contribution in [0.3, 0.4) is 0 Å². The molecule has 2 aromatic heterocycles. The first-order valence-corrected chi connectivity index (χ1v) is 5.67. The average molecular weight is 232 g/mol. The zero-order valence-electron chi connectivity index (χ0n) is 10.0. The smallest absolute Gasteiger partial charge is 0.115 e. The van der Waals surface area contributed by atoms with E-state index in [1.807, 2.05) is 24.6 Å². The van der Waals surface area contributed by atoms with E-state index in [-0.39, 0.29) is 0 Å². The summed E-state index contributed by atoms with van der Waals surface area (Å²) in [6, 6.07) is 2.00. The van der Waals surface area contributed by atoms with Gasteiger partial charge in [-0.2, -0.15) is 5.10 Å². The normalized spacial score (nSPS) is 12.6. The summed E-state index contributed by atoms with van der Waals surface area (Å²) < 4.78 is 1.91. The molecule has 0 aliphatic heterocycles. The number of aromatic nitrogens is 4. The summed E-state index contributed by atoms with van der Waals surface area (Å²) >= 11 is 0. The second-order valence-electron chi connectivity index (χ2n) is 3.98. The summed E-state index contributed by atoms with van der Waals surface area (Å²) in [5.74, 6) is 0. The Morgan fingerprint density at radius 1 is 1.35 bits per heavy atom. The molecule has 2 rings (SSSR count). The molecule has 0 saturated carbocycles. The van der Waals surface area contributed by atoms with Crippen molar-refractivity contribution in [1.82, 2.24) is 19.7 Å². The Labute approximate surface area is 100 Å². The van der Waals surface area contributed by atoms with E-state index < -0.39 is 6.10 Å². The Hall–Kier alpha value is -1.75. The molecule has 0 spiro atoms. The van der Waals surface area contributed by atoms with Gasteiger partial charge < -0.3 is 5.11 Å². The van der Waals surface area contributed by atoms with Gasteiger partial charge in [-0.25, -0.2) is 9.97 Å². The molecule has 1 unspecified atom stereocenters. The third-order valence-corrected chi connectivity index (χ3v) is 2.65. The van der Waals surface area contributed by atoms with Crippen molar-refractivity contribution < 1.29 is 5.11 Å². The Kier molecular flexibility index (Phi) is 3.49. The first-order valence-electron chi connectivity index (χ1n) is 5.67. The molecule has 0 aromatic carbocycles. The van der Waals surface area contributed by atoms with Crippen LogP contribution >= 0.6 is 0 Å². The summed E-state index contributed by atoms with van der Waals surface area (Å²) in [5, 5.41) is 14.4. The largest absolute Gasteiger partial charge is 0.388 e. The zero-order valence-corrected chi connectivity index (χ0v) is 10.0. The minimum Gasteiger partial charge on any atom is -0.388 e. The molecule has 1 atom stereocenters. The number of rotatable bonds is 4. The van der Waals surface area contributed by atoms with Gasteiger partial charge in [0.1, 0.15) is 6.33 Å². The van der Waals surface area contributed by atoms with Crippen LogP contribution in [0.15, 0.2) is 24.8 Å². The van der Waals surface area contributed by atoms with Gasteiger partial charge in [-0.3, -0.25) is 4.68 Å². The summed E-state index contributed by atoms with van der Waals surface area (Å²) in [4.78, 5) is 7.80. The standard InChI is InChI=1S/C12H16N4O/c1-3-16-11(4-9(2)15-16)5-12(17)10-6-13-8-14-7-10/h4,6-8,12,17H,3,5H2,1-2H3. The lowest BCUT2D eigenvalue weighted by atomic mass is 10.1. The minimum absolute atomic E-state index is 0.530. The lowest BCUT2D eigenvalue weighted by Gasteiger charge is -2.10. The van der Waals surface area contributed by atoms with E-state index in [0.29, 0.717) is 6.42 Å². The van der Waals surface area contributed by atoms with Crippen LogP contribution in [0.25, 0.3) is 0 Å². The molecule has 0 bridgehead atoms. The number of aliphatic hydroxyl groups excluding tert-OH is 1. The fraction of sp³-hybridized carbons (Fsp3) is 0.417. The van der Waals surface area contributed by atoms with Gasteiger partial charge in [0.25, 0.3) is 0 Å². The molecule has 0 radical (unpaired) electrons. The minimum atomic E-state index is -0.586. The fourth-order valence-electron chi connectivity index (χ4n) is 1.84. The second kappa shape index (κ2) is 5.05. The lowest BCUT2D eigenvalue weighted by Crippen LogP contribution is -2.08. The maximum atomic E-state index is 10.1. The number of hydrogen-bond donors (Lipinski definition) is 1. The molecule has 5 nitrogen and oxygen atoms in total. The van der Waals surface area contributed by atoms with E-state index in [1.54, 1.807) is 12.4 Å². The van der Waals surface area contributed by atoms with Gasteiger partial charge in [-0.15, -0.1) is 0 Å². The summed E-state index contributed by atoms with van der Waals surface area (Å²) in [7, 11) is 0. The summed E-state index contributed by atoms with van der Waals surface area (Å²) in [5.41, 5.74) is 2.73. The third-order valence-electron chi connectivity index (χ3n) is 2.65. The maximum Gasteiger partial charge on any atom is 0.115 e. The van der Waals surface area contributed by atoms with Gasteiger partial charge in [0.2, 0.25) is 0 Å². The highest BCUT2D eigenvalue weighted by Crippen LogP contribution is 2.17. The molecule has 0 aliphatic rings. The summed E-state index contributed by atoms with van der Waals surface area (Å²) in [6.07, 6.45) is 4.67. The Balaban J connectivity index is 2.15. The van der Waals surface area contributed by atoms with Crippen LogP contribution in [-0.4, -0.2) is 24.9 Å². The quantitative estimate of drug-likeness (QED) is 0.862. The Morgan fingerprint density at radius 3 is 2.71 bits per heavy atom. The molecule has 0 fully saturated rings. The predicted molar refractivity (Wildman–Crippen MR) is 63.3 cm³/mol. The van der Waals surface area contributed by atoms with Gasteiger partial charge in [0.05, 0.1) is 11.8 Å². The number of nitrogens with zero attached hydrogens (tertiary/aromatic N) is 4. The van der Waals surface area contributed by atoms with Crippen molar-refractivity contribution in [2.45, 2.75) is 32.9 Å². The van der Waals surface area contributed by atoms with Crippen molar-refractivity contribution in [3.05, 3.63) is 41.7 Å². The van der Waals surface area contributed by atoms with Crippen LogP contribution in [-0.2, 0) is 13.0 Å². The van der Waals surface area contributed by atoms with Gasteiger partial charge >= 0.3 is 0 Å². The van der Waals surface area contributed by atoms with Crippen LogP contribution in [0, 0.1) is 6.92 Å². The second-order valence-corrected chi connectivity index (χ2v) is 3.98. The monoisotopic (exact) mass is 232 g/mol. The van der Waals surface area contributed by atoms with Crippen molar-refractivity contribution in [2.75, 3.05) is 0 Å². The first kappa shape index (κ1) is 11.7. The summed E-state index contributed by atoms with van der Waals surface area (Å²) in [6.45, 7) is 4.79. The van der Waals surface area contributed by atoms with Gasteiger partial charge in [-0.05, 0) is 19.9 Å². The Morgan fingerprint density at radius 2 is 2.06 bits per heavy atom. The van der Waals surface area contributed by atoms with E-state index in [0.717, 1.165) is 23.5 Å². The van der Waals surface area contributed by atoms with Gasteiger partial charge in [0, 0.05) is 36.6 Å². The topological polar surface area (TPSA) is 63.8 Å². The molecule has 0 saturated heterocycles. The van der Waals surface area contributed by atoms with Gasteiger partial charge in [-0.1, -0.05) is 0 Å². The SMILES string of the molecule is CCn1nc(C)cc1CC(O)c1cncnc1. The van der Waals surface area contributed by atoms with E-state index in [4.69, 9.17) is 0 Å². The van der Waals surface area contributed by atoms with Crippen molar-refractivity contribution in [3.8, 4) is 0 Å². The number of aliphatic hydroxyl groups is 1. The highest BCUT2D eigenvalue weighted by molar-refractivity contribution is 5.14. The van der Waals surface area contributed by atoms with E-state index in [9.17, 15) is 5.11 Å². The average Bonchev–Trinajstić information content (AvgIpc) is 2.70.